The molecule has 2 heterocycles. The average Bonchev–Trinajstić information content (AvgIpc) is 3.35. The summed E-state index contributed by atoms with van der Waals surface area (Å²) in [6, 6.07) is 28.1. The van der Waals surface area contributed by atoms with Crippen LogP contribution < -0.4 is 10.1 Å². The van der Waals surface area contributed by atoms with Crippen LogP contribution in [0.2, 0.25) is 0 Å². The monoisotopic (exact) mass is 498 g/mol. The summed E-state index contributed by atoms with van der Waals surface area (Å²) in [7, 11) is 0. The van der Waals surface area contributed by atoms with Crippen LogP contribution >= 0.6 is 0 Å². The average molecular weight is 499 g/mol. The van der Waals surface area contributed by atoms with Crippen molar-refractivity contribution in [3.05, 3.63) is 109 Å². The second-order valence-corrected chi connectivity index (χ2v) is 9.18. The van der Waals surface area contributed by atoms with Gasteiger partial charge in [0.2, 0.25) is 5.91 Å². The van der Waals surface area contributed by atoms with Crippen LogP contribution in [0, 0.1) is 0 Å². The van der Waals surface area contributed by atoms with Crippen LogP contribution in [0.1, 0.15) is 19.4 Å². The van der Waals surface area contributed by atoms with Gasteiger partial charge < -0.3 is 14.5 Å². The minimum Gasteiger partial charge on any atom is -0.493 e. The van der Waals surface area contributed by atoms with E-state index in [2.05, 4.69) is 46.7 Å². The number of amides is 1. The van der Waals surface area contributed by atoms with Crippen molar-refractivity contribution in [2.45, 2.75) is 13.8 Å². The molecule has 0 saturated heterocycles. The SMILES string of the molecule is CCOc1cc2occ(-c3cccc4ccccc34)c2cc1/C(C)=C/C(=O)Nc1ccc2ncccc2c1. The van der Waals surface area contributed by atoms with Gasteiger partial charge in [0.15, 0.2) is 0 Å². The molecule has 5 nitrogen and oxygen atoms in total. The van der Waals surface area contributed by atoms with Gasteiger partial charge in [0.05, 0.1) is 18.4 Å². The summed E-state index contributed by atoms with van der Waals surface area (Å²) in [4.78, 5) is 17.3. The molecule has 186 valence electrons. The standard InChI is InChI=1S/C33H26N2O3/c1-3-37-31-19-32-28(29(20-38-32)26-12-6-9-22-8-4-5-11-25(22)26)18-27(31)21(2)16-33(36)35-24-13-14-30-23(17-24)10-7-15-34-30/h4-20H,3H2,1-2H3,(H,35,36)/b21-16+. The predicted molar refractivity (Wildman–Crippen MR) is 154 cm³/mol. The summed E-state index contributed by atoms with van der Waals surface area (Å²) in [6.07, 6.45) is 5.16. The Labute approximate surface area is 220 Å². The molecule has 0 saturated carbocycles. The lowest BCUT2D eigenvalue weighted by atomic mass is 9.96. The van der Waals surface area contributed by atoms with Gasteiger partial charge in [-0.1, -0.05) is 48.5 Å². The Morgan fingerprint density at radius 3 is 2.66 bits per heavy atom. The highest BCUT2D eigenvalue weighted by Crippen LogP contribution is 2.39. The van der Waals surface area contributed by atoms with Gasteiger partial charge in [-0.05, 0) is 66.1 Å². The Bertz CT molecular complexity index is 1840. The van der Waals surface area contributed by atoms with Crippen LogP contribution in [0.5, 0.6) is 5.75 Å². The maximum absolute atomic E-state index is 13.0. The summed E-state index contributed by atoms with van der Waals surface area (Å²) < 4.78 is 11.9. The van der Waals surface area contributed by atoms with Crippen molar-refractivity contribution in [3.63, 3.8) is 0 Å². The lowest BCUT2D eigenvalue weighted by molar-refractivity contribution is -0.111. The topological polar surface area (TPSA) is 64.4 Å². The van der Waals surface area contributed by atoms with Crippen molar-refractivity contribution < 1.29 is 13.9 Å². The molecule has 6 rings (SSSR count). The summed E-state index contributed by atoms with van der Waals surface area (Å²) in [5.74, 6) is 0.465. The molecule has 0 fully saturated rings. The zero-order valence-electron chi connectivity index (χ0n) is 21.2. The van der Waals surface area contributed by atoms with Gasteiger partial charge in [-0.15, -0.1) is 0 Å². The predicted octanol–water partition coefficient (Wildman–Crippen LogP) is 8.24. The fourth-order valence-electron chi connectivity index (χ4n) is 4.91. The summed E-state index contributed by atoms with van der Waals surface area (Å²) in [6.45, 7) is 4.36. The van der Waals surface area contributed by atoms with E-state index in [-0.39, 0.29) is 5.91 Å². The fourth-order valence-corrected chi connectivity index (χ4v) is 4.91. The number of rotatable bonds is 6. The molecule has 0 aliphatic rings. The van der Waals surface area contributed by atoms with E-state index in [1.165, 1.54) is 5.39 Å². The van der Waals surface area contributed by atoms with E-state index >= 15 is 0 Å². The largest absolute Gasteiger partial charge is 0.493 e. The summed E-state index contributed by atoms with van der Waals surface area (Å²) >= 11 is 0. The van der Waals surface area contributed by atoms with E-state index in [0.29, 0.717) is 18.0 Å². The maximum Gasteiger partial charge on any atom is 0.248 e. The second kappa shape index (κ2) is 9.87. The minimum absolute atomic E-state index is 0.213. The molecule has 0 aliphatic carbocycles. The number of allylic oxidation sites excluding steroid dienone is 1. The molecule has 0 bridgehead atoms. The highest BCUT2D eigenvalue weighted by atomic mass is 16.5. The molecule has 0 unspecified atom stereocenters. The molecule has 5 heteroatoms. The fraction of sp³-hybridized carbons (Fsp3) is 0.0909. The van der Waals surface area contributed by atoms with Crippen molar-refractivity contribution in [1.82, 2.24) is 4.98 Å². The van der Waals surface area contributed by atoms with Gasteiger partial charge in [0.25, 0.3) is 0 Å². The van der Waals surface area contributed by atoms with Gasteiger partial charge in [-0.25, -0.2) is 0 Å². The second-order valence-electron chi connectivity index (χ2n) is 9.18. The number of nitrogens with zero attached hydrogens (tertiary/aromatic N) is 1. The third-order valence-corrected chi connectivity index (χ3v) is 6.70. The number of ether oxygens (including phenoxy) is 1. The van der Waals surface area contributed by atoms with Crippen molar-refractivity contribution in [2.24, 2.45) is 0 Å². The Hall–Kier alpha value is -4.90. The Morgan fingerprint density at radius 1 is 0.921 bits per heavy atom. The smallest absolute Gasteiger partial charge is 0.248 e. The first-order chi connectivity index (χ1) is 18.6. The number of nitrogens with one attached hydrogen (secondary N) is 1. The number of furan rings is 1. The van der Waals surface area contributed by atoms with Crippen LogP contribution in [-0.2, 0) is 4.79 Å². The van der Waals surface area contributed by atoms with Crippen LogP contribution in [0.3, 0.4) is 0 Å². The van der Waals surface area contributed by atoms with E-state index in [1.54, 1.807) is 18.5 Å². The first kappa shape index (κ1) is 23.5. The molecule has 0 atom stereocenters. The minimum atomic E-state index is -0.213. The number of pyridine rings is 1. The van der Waals surface area contributed by atoms with E-state index < -0.39 is 0 Å². The van der Waals surface area contributed by atoms with Crippen LogP contribution in [0.25, 0.3) is 49.3 Å². The lowest BCUT2D eigenvalue weighted by Crippen LogP contribution is -2.08. The third kappa shape index (κ3) is 4.39. The zero-order valence-corrected chi connectivity index (χ0v) is 21.2. The van der Waals surface area contributed by atoms with Gasteiger partial charge in [-0.3, -0.25) is 9.78 Å². The highest BCUT2D eigenvalue weighted by Gasteiger charge is 2.16. The number of anilines is 1. The summed E-state index contributed by atoms with van der Waals surface area (Å²) in [5, 5.41) is 7.24. The molecule has 0 aliphatic heterocycles. The molecular weight excluding hydrogens is 472 g/mol. The Kier molecular flexibility index (Phi) is 6.10. The van der Waals surface area contributed by atoms with Crippen LogP contribution in [0.15, 0.2) is 108 Å². The number of fused-ring (bicyclic) bond motifs is 3. The number of benzene rings is 4. The van der Waals surface area contributed by atoms with Crippen LogP contribution in [-0.4, -0.2) is 17.5 Å². The maximum atomic E-state index is 13.0. The zero-order chi connectivity index (χ0) is 26.1. The van der Waals surface area contributed by atoms with E-state index in [9.17, 15) is 4.79 Å². The van der Waals surface area contributed by atoms with Gasteiger partial charge in [0, 0.05) is 45.9 Å². The molecule has 1 amide bonds. The molecule has 6 aromatic rings. The molecule has 1 N–H and O–H groups in total. The normalized spacial score (nSPS) is 11.8. The number of carbonyl (C=O) groups is 1. The Balaban J connectivity index is 1.39. The van der Waals surface area contributed by atoms with Crippen molar-refractivity contribution in [1.29, 1.82) is 0 Å². The first-order valence-corrected chi connectivity index (χ1v) is 12.6. The van der Waals surface area contributed by atoms with Gasteiger partial charge in [-0.2, -0.15) is 0 Å². The quantitative estimate of drug-likeness (QED) is 0.235. The lowest BCUT2D eigenvalue weighted by Gasteiger charge is -2.12. The van der Waals surface area contributed by atoms with E-state index in [4.69, 9.17) is 9.15 Å². The molecule has 2 aromatic heterocycles. The van der Waals surface area contributed by atoms with Gasteiger partial charge in [0.1, 0.15) is 11.3 Å². The molecule has 0 radical (unpaired) electrons. The summed E-state index contributed by atoms with van der Waals surface area (Å²) in [5.41, 5.74) is 6.08. The molecule has 38 heavy (non-hydrogen) atoms. The van der Waals surface area contributed by atoms with E-state index in [1.807, 2.05) is 62.4 Å². The number of aromatic nitrogens is 1. The first-order valence-electron chi connectivity index (χ1n) is 12.6. The molecule has 0 spiro atoms. The number of hydrogen-bond donors (Lipinski definition) is 1. The Morgan fingerprint density at radius 2 is 1.76 bits per heavy atom. The third-order valence-electron chi connectivity index (χ3n) is 6.70. The van der Waals surface area contributed by atoms with E-state index in [0.717, 1.165) is 49.5 Å². The van der Waals surface area contributed by atoms with Crippen molar-refractivity contribution in [3.8, 4) is 16.9 Å². The molecule has 4 aromatic carbocycles. The van der Waals surface area contributed by atoms with Gasteiger partial charge >= 0.3 is 0 Å². The highest BCUT2D eigenvalue weighted by molar-refractivity contribution is 6.08. The van der Waals surface area contributed by atoms with Crippen molar-refractivity contribution in [2.75, 3.05) is 11.9 Å². The van der Waals surface area contributed by atoms with Crippen LogP contribution in [0.4, 0.5) is 5.69 Å². The molecular formula is C33H26N2O3. The number of hydrogen-bond acceptors (Lipinski definition) is 4. The number of carbonyl (C=O) groups excluding carboxylic acids is 1. The van der Waals surface area contributed by atoms with Crippen molar-refractivity contribution >= 4 is 49.8 Å².